The van der Waals surface area contributed by atoms with Crippen LogP contribution in [-0.2, 0) is 0 Å². The summed E-state index contributed by atoms with van der Waals surface area (Å²) in [5.41, 5.74) is 1.81. The molecule has 0 bridgehead atoms. The molecule has 0 radical (unpaired) electrons. The molecular weight excluding hydrogens is 290 g/mol. The Morgan fingerprint density at radius 3 is 2.48 bits per heavy atom. The number of benzene rings is 2. The fourth-order valence-corrected chi connectivity index (χ4v) is 2.33. The number of ether oxygens (including phenoxy) is 1. The Hall–Kier alpha value is -2.69. The third-order valence-corrected chi connectivity index (χ3v) is 3.53. The van der Waals surface area contributed by atoms with Gasteiger partial charge in [-0.1, -0.05) is 30.3 Å². The minimum absolute atomic E-state index is 0.237. The lowest BCUT2D eigenvalue weighted by molar-refractivity contribution is 0.252. The summed E-state index contributed by atoms with van der Waals surface area (Å²) in [5, 5.41) is 5.67. The number of urea groups is 1. The number of nitrogens with zero attached hydrogens (tertiary/aromatic N) is 1. The van der Waals surface area contributed by atoms with Crippen LogP contribution in [0.5, 0.6) is 5.75 Å². The van der Waals surface area contributed by atoms with Crippen molar-refractivity contribution in [2.24, 2.45) is 0 Å². The highest BCUT2D eigenvalue weighted by atomic mass is 16.5. The van der Waals surface area contributed by atoms with Gasteiger partial charge < -0.3 is 20.3 Å². The molecule has 0 aliphatic heterocycles. The largest absolute Gasteiger partial charge is 0.495 e. The minimum Gasteiger partial charge on any atom is -0.495 e. The molecule has 0 aliphatic rings. The summed E-state index contributed by atoms with van der Waals surface area (Å²) in [7, 11) is 1.58. The van der Waals surface area contributed by atoms with E-state index in [-0.39, 0.29) is 6.03 Å². The zero-order valence-electron chi connectivity index (χ0n) is 13.6. The maximum atomic E-state index is 12.0. The van der Waals surface area contributed by atoms with Crippen molar-refractivity contribution in [3.63, 3.8) is 0 Å². The highest BCUT2D eigenvalue weighted by Gasteiger charge is 2.07. The monoisotopic (exact) mass is 313 g/mol. The number of carbonyl (C=O) groups is 1. The molecule has 0 unspecified atom stereocenters. The smallest absolute Gasteiger partial charge is 0.319 e. The quantitative estimate of drug-likeness (QED) is 0.824. The molecule has 2 rings (SSSR count). The number of nitrogens with one attached hydrogen (secondary N) is 2. The van der Waals surface area contributed by atoms with Crippen molar-refractivity contribution in [3.05, 3.63) is 54.6 Å². The van der Waals surface area contributed by atoms with E-state index in [4.69, 9.17) is 4.74 Å². The number of hydrogen-bond donors (Lipinski definition) is 2. The molecule has 2 amide bonds. The lowest BCUT2D eigenvalue weighted by atomic mass is 10.3. The van der Waals surface area contributed by atoms with E-state index in [9.17, 15) is 4.79 Å². The Morgan fingerprint density at radius 2 is 1.78 bits per heavy atom. The van der Waals surface area contributed by atoms with E-state index in [2.05, 4.69) is 34.6 Å². The fraction of sp³-hybridized carbons (Fsp3) is 0.278. The SMILES string of the molecule is CCN(CCNC(=O)Nc1ccccc1OC)c1ccccc1. The number of rotatable bonds is 7. The Bertz CT molecular complexity index is 617. The zero-order chi connectivity index (χ0) is 16.5. The molecule has 0 spiro atoms. The highest BCUT2D eigenvalue weighted by molar-refractivity contribution is 5.90. The lowest BCUT2D eigenvalue weighted by Crippen LogP contribution is -2.37. The molecule has 0 fully saturated rings. The number of likely N-dealkylation sites (N-methyl/N-ethyl adjacent to an activating group) is 1. The van der Waals surface area contributed by atoms with Gasteiger partial charge in [0.1, 0.15) is 5.75 Å². The van der Waals surface area contributed by atoms with Crippen LogP contribution in [0.3, 0.4) is 0 Å². The highest BCUT2D eigenvalue weighted by Crippen LogP contribution is 2.22. The number of amides is 2. The average Bonchev–Trinajstić information content (AvgIpc) is 2.60. The van der Waals surface area contributed by atoms with Crippen LogP contribution in [0.1, 0.15) is 6.92 Å². The summed E-state index contributed by atoms with van der Waals surface area (Å²) in [6, 6.07) is 17.3. The predicted octanol–water partition coefficient (Wildman–Crippen LogP) is 3.34. The lowest BCUT2D eigenvalue weighted by Gasteiger charge is -2.23. The van der Waals surface area contributed by atoms with E-state index in [1.54, 1.807) is 13.2 Å². The van der Waals surface area contributed by atoms with Crippen LogP contribution in [0, 0.1) is 0 Å². The molecule has 5 heteroatoms. The van der Waals surface area contributed by atoms with Gasteiger partial charge in [-0.15, -0.1) is 0 Å². The molecule has 0 saturated heterocycles. The maximum Gasteiger partial charge on any atom is 0.319 e. The average molecular weight is 313 g/mol. The second-order valence-electron chi connectivity index (χ2n) is 5.00. The van der Waals surface area contributed by atoms with Crippen LogP contribution < -0.4 is 20.3 Å². The predicted molar refractivity (Wildman–Crippen MR) is 94.3 cm³/mol. The van der Waals surface area contributed by atoms with E-state index < -0.39 is 0 Å². The molecule has 23 heavy (non-hydrogen) atoms. The van der Waals surface area contributed by atoms with Crippen molar-refractivity contribution in [1.82, 2.24) is 5.32 Å². The molecule has 0 aromatic heterocycles. The maximum absolute atomic E-state index is 12.0. The normalized spacial score (nSPS) is 10.0. The van der Waals surface area contributed by atoms with E-state index in [0.717, 1.165) is 18.8 Å². The van der Waals surface area contributed by atoms with Crippen molar-refractivity contribution in [3.8, 4) is 5.75 Å². The van der Waals surface area contributed by atoms with Gasteiger partial charge in [0.15, 0.2) is 0 Å². The molecule has 0 heterocycles. The molecule has 2 aromatic rings. The first-order valence-corrected chi connectivity index (χ1v) is 7.72. The molecule has 2 N–H and O–H groups in total. The first kappa shape index (κ1) is 16.7. The number of carbonyl (C=O) groups excluding carboxylic acids is 1. The van der Waals surface area contributed by atoms with Crippen molar-refractivity contribution < 1.29 is 9.53 Å². The van der Waals surface area contributed by atoms with Crippen molar-refractivity contribution in [2.45, 2.75) is 6.92 Å². The molecule has 0 atom stereocenters. The van der Waals surface area contributed by atoms with Gasteiger partial charge in [0.05, 0.1) is 12.8 Å². The van der Waals surface area contributed by atoms with Crippen molar-refractivity contribution >= 4 is 17.4 Å². The summed E-state index contributed by atoms with van der Waals surface area (Å²) in [6.07, 6.45) is 0. The van der Waals surface area contributed by atoms with E-state index in [0.29, 0.717) is 18.0 Å². The van der Waals surface area contributed by atoms with E-state index >= 15 is 0 Å². The van der Waals surface area contributed by atoms with Gasteiger partial charge in [0, 0.05) is 25.3 Å². The standard InChI is InChI=1S/C18H23N3O2/c1-3-21(15-9-5-4-6-10-15)14-13-19-18(22)20-16-11-7-8-12-17(16)23-2/h4-12H,3,13-14H2,1-2H3,(H2,19,20,22). The van der Waals surface area contributed by atoms with Gasteiger partial charge in [0.25, 0.3) is 0 Å². The topological polar surface area (TPSA) is 53.6 Å². The van der Waals surface area contributed by atoms with Crippen LogP contribution in [-0.4, -0.2) is 32.8 Å². The molecule has 0 aliphatic carbocycles. The third kappa shape index (κ3) is 4.92. The Kier molecular flexibility index (Phi) is 6.29. The van der Waals surface area contributed by atoms with E-state index in [1.165, 1.54) is 0 Å². The van der Waals surface area contributed by atoms with Gasteiger partial charge >= 0.3 is 6.03 Å². The van der Waals surface area contributed by atoms with Crippen LogP contribution in [0.4, 0.5) is 16.2 Å². The summed E-state index contributed by atoms with van der Waals surface area (Å²) >= 11 is 0. The second kappa shape index (κ2) is 8.68. The molecule has 122 valence electrons. The Labute approximate surface area is 137 Å². The molecular formula is C18H23N3O2. The molecule has 5 nitrogen and oxygen atoms in total. The van der Waals surface area contributed by atoms with Crippen LogP contribution in [0.15, 0.2) is 54.6 Å². The first-order valence-electron chi connectivity index (χ1n) is 7.72. The fourth-order valence-electron chi connectivity index (χ4n) is 2.33. The summed E-state index contributed by atoms with van der Waals surface area (Å²) < 4.78 is 5.21. The van der Waals surface area contributed by atoms with Gasteiger partial charge in [-0.05, 0) is 31.2 Å². The molecule has 2 aromatic carbocycles. The summed E-state index contributed by atoms with van der Waals surface area (Å²) in [6.45, 7) is 4.30. The van der Waals surface area contributed by atoms with Gasteiger partial charge in [-0.3, -0.25) is 0 Å². The number of hydrogen-bond acceptors (Lipinski definition) is 3. The number of methoxy groups -OCH3 is 1. The van der Waals surface area contributed by atoms with Crippen LogP contribution in [0.25, 0.3) is 0 Å². The van der Waals surface area contributed by atoms with Gasteiger partial charge in [-0.2, -0.15) is 0 Å². The zero-order valence-corrected chi connectivity index (χ0v) is 13.6. The van der Waals surface area contributed by atoms with Crippen molar-refractivity contribution in [2.75, 3.05) is 37.0 Å². The summed E-state index contributed by atoms with van der Waals surface area (Å²) in [4.78, 5) is 14.2. The van der Waals surface area contributed by atoms with E-state index in [1.807, 2.05) is 36.4 Å². The van der Waals surface area contributed by atoms with Crippen LogP contribution >= 0.6 is 0 Å². The number of anilines is 2. The minimum atomic E-state index is -0.237. The second-order valence-corrected chi connectivity index (χ2v) is 5.00. The third-order valence-electron chi connectivity index (χ3n) is 3.53. The Morgan fingerprint density at radius 1 is 1.09 bits per heavy atom. The summed E-state index contributed by atoms with van der Waals surface area (Å²) in [5.74, 6) is 0.641. The Balaban J connectivity index is 1.82. The van der Waals surface area contributed by atoms with Crippen molar-refractivity contribution in [1.29, 1.82) is 0 Å². The molecule has 0 saturated carbocycles. The van der Waals surface area contributed by atoms with Crippen LogP contribution in [0.2, 0.25) is 0 Å². The number of para-hydroxylation sites is 3. The first-order chi connectivity index (χ1) is 11.2. The van der Waals surface area contributed by atoms with Gasteiger partial charge in [0.2, 0.25) is 0 Å². The van der Waals surface area contributed by atoms with Gasteiger partial charge in [-0.25, -0.2) is 4.79 Å².